The molecule has 1 aliphatic rings. The Morgan fingerprint density at radius 2 is 2.32 bits per heavy atom. The third kappa shape index (κ3) is 2.88. The second kappa shape index (κ2) is 5.19. The van der Waals surface area contributed by atoms with Crippen LogP contribution in [0.3, 0.4) is 0 Å². The van der Waals surface area contributed by atoms with Crippen molar-refractivity contribution in [2.75, 3.05) is 6.54 Å². The lowest BCUT2D eigenvalue weighted by atomic mass is 9.71. The molecule has 2 rings (SSSR count). The summed E-state index contributed by atoms with van der Waals surface area (Å²) in [5, 5.41) is 6.70. The molecule has 1 heterocycles. The molecule has 0 fully saturated rings. The average Bonchev–Trinajstić information content (AvgIpc) is 2.77. The van der Waals surface area contributed by atoms with Gasteiger partial charge in [-0.2, -0.15) is 0 Å². The zero-order valence-electron chi connectivity index (χ0n) is 12.0. The molecule has 1 atom stereocenters. The fourth-order valence-electron chi connectivity index (χ4n) is 2.57. The molecule has 1 aliphatic carbocycles. The molecule has 0 bridgehead atoms. The number of nitrogens with one attached hydrogen (secondary N) is 1. The SMILES string of the molecule is C=CCNC(=O)c1noc2c1C[C@@H](C(C)(C)C)CC2. The van der Waals surface area contributed by atoms with E-state index >= 15 is 0 Å². The highest BCUT2D eigenvalue weighted by Crippen LogP contribution is 2.38. The Hall–Kier alpha value is -1.58. The maximum absolute atomic E-state index is 12.0. The lowest BCUT2D eigenvalue weighted by Gasteiger charge is -2.33. The van der Waals surface area contributed by atoms with Gasteiger partial charge in [0.05, 0.1) is 0 Å². The fourth-order valence-corrected chi connectivity index (χ4v) is 2.57. The number of nitrogens with zero attached hydrogens (tertiary/aromatic N) is 1. The number of aromatic nitrogens is 1. The molecular weight excluding hydrogens is 240 g/mol. The molecule has 1 N–H and O–H groups in total. The van der Waals surface area contributed by atoms with Gasteiger partial charge >= 0.3 is 0 Å². The van der Waals surface area contributed by atoms with Gasteiger partial charge in [-0.05, 0) is 24.2 Å². The van der Waals surface area contributed by atoms with Crippen LogP contribution in [-0.2, 0) is 12.8 Å². The fraction of sp³-hybridized carbons (Fsp3) is 0.600. The highest BCUT2D eigenvalue weighted by molar-refractivity contribution is 5.93. The summed E-state index contributed by atoms with van der Waals surface area (Å²) in [6, 6.07) is 0. The molecule has 0 aromatic carbocycles. The van der Waals surface area contributed by atoms with E-state index in [0.29, 0.717) is 18.2 Å². The van der Waals surface area contributed by atoms with Crippen LogP contribution in [0, 0.1) is 11.3 Å². The highest BCUT2D eigenvalue weighted by Gasteiger charge is 2.33. The van der Waals surface area contributed by atoms with Gasteiger partial charge in [-0.25, -0.2) is 0 Å². The second-order valence-corrected chi connectivity index (χ2v) is 6.24. The van der Waals surface area contributed by atoms with E-state index < -0.39 is 0 Å². The minimum absolute atomic E-state index is 0.167. The van der Waals surface area contributed by atoms with Gasteiger partial charge in [0, 0.05) is 18.5 Å². The number of carbonyl (C=O) groups is 1. The second-order valence-electron chi connectivity index (χ2n) is 6.24. The van der Waals surface area contributed by atoms with Crippen molar-refractivity contribution in [1.82, 2.24) is 10.5 Å². The van der Waals surface area contributed by atoms with Crippen LogP contribution in [0.1, 0.15) is 49.0 Å². The summed E-state index contributed by atoms with van der Waals surface area (Å²) in [5.41, 5.74) is 1.68. The standard InChI is InChI=1S/C15H22N2O2/c1-5-8-16-14(18)13-11-9-10(15(2,3)4)6-7-12(11)19-17-13/h5,10H,1,6-9H2,2-4H3,(H,16,18)/t10-/m0/s1. The summed E-state index contributed by atoms with van der Waals surface area (Å²) in [6.45, 7) is 10.8. The third-order valence-electron chi connectivity index (χ3n) is 3.89. The van der Waals surface area contributed by atoms with Crippen LogP contribution in [0.15, 0.2) is 17.2 Å². The van der Waals surface area contributed by atoms with Crippen LogP contribution in [0.25, 0.3) is 0 Å². The largest absolute Gasteiger partial charge is 0.360 e. The first kappa shape index (κ1) is 13.8. The summed E-state index contributed by atoms with van der Waals surface area (Å²) >= 11 is 0. The first-order chi connectivity index (χ1) is 8.93. The Labute approximate surface area is 114 Å². The molecule has 0 aliphatic heterocycles. The number of rotatable bonds is 3. The Kier molecular flexibility index (Phi) is 3.78. The number of fused-ring (bicyclic) bond motifs is 1. The molecule has 1 amide bonds. The number of carbonyl (C=O) groups excluding carboxylic acids is 1. The Bertz CT molecular complexity index is 483. The van der Waals surface area contributed by atoms with Gasteiger partial charge < -0.3 is 9.84 Å². The Morgan fingerprint density at radius 1 is 1.58 bits per heavy atom. The lowest BCUT2D eigenvalue weighted by molar-refractivity contribution is 0.0947. The van der Waals surface area contributed by atoms with Gasteiger partial charge in [-0.1, -0.05) is 32.0 Å². The van der Waals surface area contributed by atoms with Crippen LogP contribution in [0.5, 0.6) is 0 Å². The van der Waals surface area contributed by atoms with Crippen LogP contribution in [-0.4, -0.2) is 17.6 Å². The van der Waals surface area contributed by atoms with Crippen molar-refractivity contribution in [2.45, 2.75) is 40.0 Å². The zero-order valence-corrected chi connectivity index (χ0v) is 12.0. The van der Waals surface area contributed by atoms with E-state index in [9.17, 15) is 4.79 Å². The molecule has 0 radical (unpaired) electrons. The van der Waals surface area contributed by atoms with Crippen LogP contribution < -0.4 is 5.32 Å². The van der Waals surface area contributed by atoms with Crippen LogP contribution >= 0.6 is 0 Å². The summed E-state index contributed by atoms with van der Waals surface area (Å²) in [5.74, 6) is 1.27. The lowest BCUT2D eigenvalue weighted by Crippen LogP contribution is -2.29. The molecule has 19 heavy (non-hydrogen) atoms. The van der Waals surface area contributed by atoms with Gasteiger partial charge in [0.25, 0.3) is 5.91 Å². The maximum atomic E-state index is 12.0. The quantitative estimate of drug-likeness (QED) is 0.852. The van der Waals surface area contributed by atoms with E-state index in [2.05, 4.69) is 37.8 Å². The molecule has 0 unspecified atom stereocenters. The summed E-state index contributed by atoms with van der Waals surface area (Å²) in [4.78, 5) is 12.0. The summed E-state index contributed by atoms with van der Waals surface area (Å²) in [7, 11) is 0. The summed E-state index contributed by atoms with van der Waals surface area (Å²) < 4.78 is 5.31. The highest BCUT2D eigenvalue weighted by atomic mass is 16.5. The van der Waals surface area contributed by atoms with Crippen LogP contribution in [0.2, 0.25) is 0 Å². The Balaban J connectivity index is 2.20. The van der Waals surface area contributed by atoms with Crippen LogP contribution in [0.4, 0.5) is 0 Å². The minimum atomic E-state index is -0.167. The van der Waals surface area contributed by atoms with E-state index in [1.165, 1.54) is 0 Å². The van der Waals surface area contributed by atoms with E-state index in [4.69, 9.17) is 4.52 Å². The van der Waals surface area contributed by atoms with Crippen molar-refractivity contribution in [2.24, 2.45) is 11.3 Å². The van der Waals surface area contributed by atoms with E-state index in [-0.39, 0.29) is 11.3 Å². The molecular formula is C15H22N2O2. The maximum Gasteiger partial charge on any atom is 0.274 e. The smallest absolute Gasteiger partial charge is 0.274 e. The molecule has 1 aromatic heterocycles. The molecule has 0 saturated heterocycles. The predicted octanol–water partition coefficient (Wildman–Crippen LogP) is 2.74. The molecule has 1 aromatic rings. The van der Waals surface area contributed by atoms with Crippen molar-refractivity contribution in [3.05, 3.63) is 29.7 Å². The summed E-state index contributed by atoms with van der Waals surface area (Å²) in [6.07, 6.45) is 4.50. The van der Waals surface area contributed by atoms with Crippen molar-refractivity contribution < 1.29 is 9.32 Å². The number of hydrogen-bond acceptors (Lipinski definition) is 3. The molecule has 104 valence electrons. The first-order valence-electron chi connectivity index (χ1n) is 6.80. The van der Waals surface area contributed by atoms with Gasteiger partial charge in [0.1, 0.15) is 5.76 Å². The first-order valence-corrected chi connectivity index (χ1v) is 6.80. The predicted molar refractivity (Wildman–Crippen MR) is 74.0 cm³/mol. The third-order valence-corrected chi connectivity index (χ3v) is 3.89. The van der Waals surface area contributed by atoms with Crippen molar-refractivity contribution in [3.63, 3.8) is 0 Å². The van der Waals surface area contributed by atoms with E-state index in [1.807, 2.05) is 0 Å². The number of aryl methyl sites for hydroxylation is 1. The minimum Gasteiger partial charge on any atom is -0.360 e. The zero-order chi connectivity index (χ0) is 14.0. The number of amides is 1. The average molecular weight is 262 g/mol. The molecule has 0 spiro atoms. The monoisotopic (exact) mass is 262 g/mol. The van der Waals surface area contributed by atoms with Gasteiger partial charge in [-0.3, -0.25) is 4.79 Å². The molecule has 4 heteroatoms. The van der Waals surface area contributed by atoms with E-state index in [1.54, 1.807) is 6.08 Å². The van der Waals surface area contributed by atoms with Gasteiger partial charge in [-0.15, -0.1) is 6.58 Å². The molecule has 0 saturated carbocycles. The van der Waals surface area contributed by atoms with Crippen molar-refractivity contribution in [3.8, 4) is 0 Å². The van der Waals surface area contributed by atoms with E-state index in [0.717, 1.165) is 30.6 Å². The number of hydrogen-bond donors (Lipinski definition) is 1. The normalized spacial score (nSPS) is 18.8. The van der Waals surface area contributed by atoms with Crippen molar-refractivity contribution >= 4 is 5.91 Å². The van der Waals surface area contributed by atoms with Crippen molar-refractivity contribution in [1.29, 1.82) is 0 Å². The Morgan fingerprint density at radius 3 is 2.95 bits per heavy atom. The molecule has 4 nitrogen and oxygen atoms in total. The van der Waals surface area contributed by atoms with Gasteiger partial charge in [0.2, 0.25) is 0 Å². The van der Waals surface area contributed by atoms with Gasteiger partial charge in [0.15, 0.2) is 5.69 Å². The topological polar surface area (TPSA) is 55.1 Å².